The molecule has 1 aromatic carbocycles. The third-order valence-corrected chi connectivity index (χ3v) is 7.89. The summed E-state index contributed by atoms with van der Waals surface area (Å²) >= 11 is 0. The fourth-order valence-corrected chi connectivity index (χ4v) is 5.76. The molecule has 2 heterocycles. The first-order valence-electron chi connectivity index (χ1n) is 12.1. The van der Waals surface area contributed by atoms with Gasteiger partial charge in [0.1, 0.15) is 18.4 Å². The standard InChI is InChI=1S/C24H31N6O8P/c1-14-17(19(31)11-18(14)30-13-26-20-21(30)27-24(25)28-22(20)32)12-37-39(34,38-16-7-5-4-6-8-16)29-15(2)23(33)36-10-9-35-3/h4-8,13,15,17-19,31H,1,9-12H2,2-3H3,(H,29,34)(H3,25,27,28,32)/t15-,17-,18-,19-,39-/m0/s1. The second-order valence-corrected chi connectivity index (χ2v) is 10.7. The summed E-state index contributed by atoms with van der Waals surface area (Å²) in [5.41, 5.74) is 6.11. The second-order valence-electron chi connectivity index (χ2n) is 8.98. The second kappa shape index (κ2) is 12.1. The Morgan fingerprint density at radius 1 is 1.36 bits per heavy atom. The van der Waals surface area contributed by atoms with Crippen LogP contribution in [-0.2, 0) is 23.4 Å². The number of benzene rings is 1. The number of imidazole rings is 1. The number of hydrogen-bond acceptors (Lipinski definition) is 11. The van der Waals surface area contributed by atoms with Crippen LogP contribution in [0.5, 0.6) is 5.75 Å². The number of anilines is 1. The zero-order valence-corrected chi connectivity index (χ0v) is 22.4. The van der Waals surface area contributed by atoms with Crippen molar-refractivity contribution in [2.75, 3.05) is 32.7 Å². The van der Waals surface area contributed by atoms with Crippen LogP contribution >= 0.6 is 7.75 Å². The lowest BCUT2D eigenvalue weighted by molar-refractivity contribution is -0.146. The van der Waals surface area contributed by atoms with Gasteiger partial charge in [0.15, 0.2) is 11.2 Å². The molecular formula is C24H31N6O8P. The number of para-hydroxylation sites is 1. The van der Waals surface area contributed by atoms with E-state index in [0.717, 1.165) is 0 Å². The van der Waals surface area contributed by atoms with E-state index in [0.29, 0.717) is 5.57 Å². The molecule has 5 atom stereocenters. The van der Waals surface area contributed by atoms with E-state index in [4.69, 9.17) is 24.3 Å². The normalized spacial score (nSPS) is 21.5. The first-order valence-corrected chi connectivity index (χ1v) is 13.7. The third kappa shape index (κ3) is 6.54. The van der Waals surface area contributed by atoms with Crippen LogP contribution in [0.2, 0.25) is 0 Å². The maximum Gasteiger partial charge on any atom is 0.459 e. The van der Waals surface area contributed by atoms with Crippen LogP contribution in [0.4, 0.5) is 5.95 Å². The van der Waals surface area contributed by atoms with Gasteiger partial charge in [-0.3, -0.25) is 19.1 Å². The number of esters is 1. The molecule has 5 N–H and O–H groups in total. The van der Waals surface area contributed by atoms with E-state index in [-0.39, 0.29) is 49.1 Å². The Kier molecular flexibility index (Phi) is 8.83. The number of hydrogen-bond donors (Lipinski definition) is 4. The highest BCUT2D eigenvalue weighted by atomic mass is 31.2. The van der Waals surface area contributed by atoms with E-state index in [9.17, 15) is 19.3 Å². The highest BCUT2D eigenvalue weighted by Gasteiger charge is 2.41. The minimum atomic E-state index is -4.16. The number of aliphatic hydroxyl groups excluding tert-OH is 1. The molecule has 210 valence electrons. The fourth-order valence-electron chi connectivity index (χ4n) is 4.25. The highest BCUT2D eigenvalue weighted by molar-refractivity contribution is 7.52. The number of ether oxygens (including phenoxy) is 2. The Labute approximate surface area is 223 Å². The summed E-state index contributed by atoms with van der Waals surface area (Å²) in [5, 5.41) is 13.5. The van der Waals surface area contributed by atoms with Gasteiger partial charge in [-0.05, 0) is 31.1 Å². The molecular weight excluding hydrogens is 531 g/mol. The van der Waals surface area contributed by atoms with Crippen molar-refractivity contribution in [2.45, 2.75) is 31.5 Å². The Morgan fingerprint density at radius 3 is 2.82 bits per heavy atom. The number of fused-ring (bicyclic) bond motifs is 1. The molecule has 0 amide bonds. The fraction of sp³-hybridized carbons (Fsp3) is 0.417. The highest BCUT2D eigenvalue weighted by Crippen LogP contribution is 2.48. The van der Waals surface area contributed by atoms with Crippen LogP contribution in [0.3, 0.4) is 0 Å². The maximum atomic E-state index is 13.8. The minimum absolute atomic E-state index is 0.0246. The molecule has 15 heteroatoms. The van der Waals surface area contributed by atoms with E-state index >= 15 is 0 Å². The molecule has 0 bridgehead atoms. The van der Waals surface area contributed by atoms with Crippen molar-refractivity contribution in [1.82, 2.24) is 24.6 Å². The zero-order chi connectivity index (χ0) is 28.2. The summed E-state index contributed by atoms with van der Waals surface area (Å²) < 4.78 is 36.8. The van der Waals surface area contributed by atoms with Crippen LogP contribution in [0.25, 0.3) is 11.2 Å². The van der Waals surface area contributed by atoms with E-state index < -0.39 is 43.4 Å². The smallest absolute Gasteiger partial charge is 0.459 e. The molecule has 1 fully saturated rings. The van der Waals surface area contributed by atoms with Crippen molar-refractivity contribution in [2.24, 2.45) is 5.92 Å². The quantitative estimate of drug-likeness (QED) is 0.108. The van der Waals surface area contributed by atoms with Gasteiger partial charge in [0, 0.05) is 13.0 Å². The van der Waals surface area contributed by atoms with Crippen molar-refractivity contribution in [3.05, 3.63) is 59.2 Å². The molecule has 1 aliphatic carbocycles. The van der Waals surface area contributed by atoms with Gasteiger partial charge >= 0.3 is 13.7 Å². The van der Waals surface area contributed by atoms with Gasteiger partial charge in [-0.2, -0.15) is 10.1 Å². The number of aliphatic hydroxyl groups is 1. The van der Waals surface area contributed by atoms with Gasteiger partial charge in [0.05, 0.1) is 31.7 Å². The van der Waals surface area contributed by atoms with Gasteiger partial charge in [-0.15, -0.1) is 0 Å². The number of H-pyrrole nitrogens is 1. The van der Waals surface area contributed by atoms with Gasteiger partial charge < -0.3 is 29.4 Å². The molecule has 4 rings (SSSR count). The van der Waals surface area contributed by atoms with Crippen molar-refractivity contribution >= 4 is 30.8 Å². The third-order valence-electron chi connectivity index (χ3n) is 6.25. The summed E-state index contributed by atoms with van der Waals surface area (Å²) in [4.78, 5) is 35.2. The number of nitrogens with zero attached hydrogens (tertiary/aromatic N) is 3. The molecule has 39 heavy (non-hydrogen) atoms. The molecule has 0 unspecified atom stereocenters. The zero-order valence-electron chi connectivity index (χ0n) is 21.5. The average molecular weight is 563 g/mol. The summed E-state index contributed by atoms with van der Waals surface area (Å²) in [6.45, 7) is 5.57. The maximum absolute atomic E-state index is 13.8. The van der Waals surface area contributed by atoms with E-state index in [1.165, 1.54) is 20.4 Å². The molecule has 1 saturated carbocycles. The summed E-state index contributed by atoms with van der Waals surface area (Å²) in [5.74, 6) is -1.16. The molecule has 0 saturated heterocycles. The molecule has 0 radical (unpaired) electrons. The van der Waals surface area contributed by atoms with Crippen LogP contribution in [-0.4, -0.2) is 69.7 Å². The molecule has 1 aliphatic rings. The molecule has 2 aromatic heterocycles. The number of nitrogen functional groups attached to an aromatic ring is 1. The van der Waals surface area contributed by atoms with Gasteiger partial charge in [-0.25, -0.2) is 9.55 Å². The number of nitrogens with one attached hydrogen (secondary N) is 2. The Morgan fingerprint density at radius 2 is 2.10 bits per heavy atom. The number of aromatic amines is 1. The molecule has 14 nitrogen and oxygen atoms in total. The summed E-state index contributed by atoms with van der Waals surface area (Å²) in [7, 11) is -2.68. The van der Waals surface area contributed by atoms with Crippen LogP contribution in [0.1, 0.15) is 19.4 Å². The SMILES string of the molecule is C=C1[C@H](CO[P@@](=O)(N[C@@H](C)C(=O)OCCOC)Oc2ccccc2)[C@@H](O)C[C@@H]1n1cnc2c(=O)[nH]c(N)nc21. The van der Waals surface area contributed by atoms with Gasteiger partial charge in [0.2, 0.25) is 5.95 Å². The van der Waals surface area contributed by atoms with E-state index in [2.05, 4.69) is 26.6 Å². The Bertz CT molecular complexity index is 1430. The lowest BCUT2D eigenvalue weighted by atomic mass is 10.0. The van der Waals surface area contributed by atoms with Crippen molar-refractivity contribution < 1.29 is 33.0 Å². The monoisotopic (exact) mass is 562 g/mol. The lowest BCUT2D eigenvalue weighted by Crippen LogP contribution is -2.36. The first kappa shape index (κ1) is 28.5. The first-order chi connectivity index (χ1) is 18.6. The van der Waals surface area contributed by atoms with Crippen LogP contribution in [0.15, 0.2) is 53.6 Å². The van der Waals surface area contributed by atoms with Crippen LogP contribution in [0, 0.1) is 5.92 Å². The molecule has 3 aromatic rings. The lowest BCUT2D eigenvalue weighted by Gasteiger charge is -2.25. The predicted molar refractivity (Wildman–Crippen MR) is 141 cm³/mol. The largest absolute Gasteiger partial charge is 0.462 e. The average Bonchev–Trinajstić information content (AvgIpc) is 3.43. The Balaban J connectivity index is 1.50. The molecule has 0 aliphatic heterocycles. The number of carbonyl (C=O) groups excluding carboxylic acids is 1. The number of methoxy groups -OCH3 is 1. The number of carbonyl (C=O) groups is 1. The summed E-state index contributed by atoms with van der Waals surface area (Å²) in [6.07, 6.45) is 0.715. The minimum Gasteiger partial charge on any atom is -0.462 e. The number of nitrogens with two attached hydrogens (primary N) is 1. The van der Waals surface area contributed by atoms with Crippen molar-refractivity contribution in [3.8, 4) is 5.75 Å². The van der Waals surface area contributed by atoms with Gasteiger partial charge in [-0.1, -0.05) is 24.8 Å². The van der Waals surface area contributed by atoms with Crippen molar-refractivity contribution in [1.29, 1.82) is 0 Å². The van der Waals surface area contributed by atoms with Crippen molar-refractivity contribution in [3.63, 3.8) is 0 Å². The number of aromatic nitrogens is 4. The number of rotatable bonds is 12. The van der Waals surface area contributed by atoms with Gasteiger partial charge in [0.25, 0.3) is 5.56 Å². The summed E-state index contributed by atoms with van der Waals surface area (Å²) in [6, 6.07) is 6.79. The predicted octanol–water partition coefficient (Wildman–Crippen LogP) is 1.55. The van der Waals surface area contributed by atoms with E-state index in [1.54, 1.807) is 34.9 Å². The molecule has 0 spiro atoms. The van der Waals surface area contributed by atoms with Crippen LogP contribution < -0.4 is 20.9 Å². The Hall–Kier alpha value is -3.55. The van der Waals surface area contributed by atoms with E-state index in [1.807, 2.05) is 0 Å². The topological polar surface area (TPSA) is 193 Å².